The van der Waals surface area contributed by atoms with Gasteiger partial charge in [-0.2, -0.15) is 0 Å². The van der Waals surface area contributed by atoms with Gasteiger partial charge >= 0.3 is 0 Å². The molecule has 3 nitrogen and oxygen atoms in total. The van der Waals surface area contributed by atoms with Crippen molar-refractivity contribution in [2.24, 2.45) is 0 Å². The molecule has 0 aliphatic carbocycles. The second-order valence-corrected chi connectivity index (χ2v) is 4.67. The Morgan fingerprint density at radius 2 is 2.29 bits per heavy atom. The molecule has 1 aliphatic heterocycles. The summed E-state index contributed by atoms with van der Waals surface area (Å²) >= 11 is 0. The van der Waals surface area contributed by atoms with Gasteiger partial charge in [-0.25, -0.2) is 0 Å². The van der Waals surface area contributed by atoms with Gasteiger partial charge in [0.15, 0.2) is 0 Å². The number of hydrogen-bond donors (Lipinski definition) is 1. The summed E-state index contributed by atoms with van der Waals surface area (Å²) in [7, 11) is 1.74. The number of nitrogens with one attached hydrogen (secondary N) is 1. The fraction of sp³-hybridized carbons (Fsp3) is 1.00. The van der Waals surface area contributed by atoms with Crippen molar-refractivity contribution in [1.29, 1.82) is 0 Å². The van der Waals surface area contributed by atoms with Crippen LogP contribution < -0.4 is 5.32 Å². The van der Waals surface area contributed by atoms with E-state index in [0.717, 1.165) is 26.2 Å². The molecule has 1 atom stereocenters. The second-order valence-electron chi connectivity index (χ2n) is 4.67. The van der Waals surface area contributed by atoms with Crippen LogP contribution in [-0.2, 0) is 9.47 Å². The summed E-state index contributed by atoms with van der Waals surface area (Å²) in [6.07, 6.45) is 4.06. The first-order chi connectivity index (χ1) is 6.64. The second kappa shape index (κ2) is 5.69. The van der Waals surface area contributed by atoms with Crippen LogP contribution in [0.2, 0.25) is 0 Å². The monoisotopic (exact) mass is 201 g/mol. The summed E-state index contributed by atoms with van der Waals surface area (Å²) in [6.45, 7) is 7.03. The molecule has 1 unspecified atom stereocenters. The van der Waals surface area contributed by atoms with E-state index in [4.69, 9.17) is 9.47 Å². The first-order valence-corrected chi connectivity index (χ1v) is 5.49. The van der Waals surface area contributed by atoms with Crippen LogP contribution in [0, 0.1) is 0 Å². The van der Waals surface area contributed by atoms with Gasteiger partial charge in [-0.15, -0.1) is 0 Å². The molecular weight excluding hydrogens is 178 g/mol. The third kappa shape index (κ3) is 4.40. The van der Waals surface area contributed by atoms with Gasteiger partial charge in [-0.3, -0.25) is 0 Å². The summed E-state index contributed by atoms with van der Waals surface area (Å²) in [5.41, 5.74) is 0.0767. The molecule has 3 heteroatoms. The first-order valence-electron chi connectivity index (χ1n) is 5.49. The predicted molar refractivity (Wildman–Crippen MR) is 57.5 cm³/mol. The largest absolute Gasteiger partial charge is 0.383 e. The van der Waals surface area contributed by atoms with E-state index in [1.807, 2.05) is 0 Å². The van der Waals surface area contributed by atoms with Gasteiger partial charge in [0, 0.05) is 19.3 Å². The minimum absolute atomic E-state index is 0.0767. The third-order valence-corrected chi connectivity index (χ3v) is 2.60. The van der Waals surface area contributed by atoms with Crippen molar-refractivity contribution in [1.82, 2.24) is 5.32 Å². The maximum atomic E-state index is 5.56. The lowest BCUT2D eigenvalue weighted by atomic mass is 10.1. The van der Waals surface area contributed by atoms with E-state index in [1.54, 1.807) is 7.11 Å². The van der Waals surface area contributed by atoms with Crippen LogP contribution >= 0.6 is 0 Å². The topological polar surface area (TPSA) is 30.5 Å². The molecule has 1 saturated heterocycles. The Hall–Kier alpha value is -0.120. The first kappa shape index (κ1) is 12.0. The zero-order valence-electron chi connectivity index (χ0n) is 9.64. The highest BCUT2D eigenvalue weighted by Crippen LogP contribution is 2.15. The molecule has 1 N–H and O–H groups in total. The Morgan fingerprint density at radius 1 is 1.50 bits per heavy atom. The van der Waals surface area contributed by atoms with Gasteiger partial charge in [0.25, 0.3) is 0 Å². The van der Waals surface area contributed by atoms with E-state index < -0.39 is 0 Å². The molecule has 0 bridgehead atoms. The van der Waals surface area contributed by atoms with Gasteiger partial charge in [0.05, 0.1) is 12.7 Å². The van der Waals surface area contributed by atoms with E-state index in [1.165, 1.54) is 12.8 Å². The van der Waals surface area contributed by atoms with Crippen molar-refractivity contribution in [2.75, 3.05) is 26.9 Å². The predicted octanol–water partition coefficient (Wildman–Crippen LogP) is 1.57. The SMILES string of the molecule is COCC(C)(C)NCCC1CCCO1. The van der Waals surface area contributed by atoms with E-state index in [2.05, 4.69) is 19.2 Å². The Bertz CT molecular complexity index is 153. The normalized spacial score (nSPS) is 22.9. The highest BCUT2D eigenvalue weighted by molar-refractivity contribution is 4.77. The van der Waals surface area contributed by atoms with Crippen LogP contribution in [0.5, 0.6) is 0 Å². The van der Waals surface area contributed by atoms with Crippen molar-refractivity contribution in [3.05, 3.63) is 0 Å². The smallest absolute Gasteiger partial charge is 0.0639 e. The van der Waals surface area contributed by atoms with Crippen LogP contribution in [0.4, 0.5) is 0 Å². The lowest BCUT2D eigenvalue weighted by Gasteiger charge is -2.26. The van der Waals surface area contributed by atoms with Crippen LogP contribution in [0.25, 0.3) is 0 Å². The van der Waals surface area contributed by atoms with Gasteiger partial charge < -0.3 is 14.8 Å². The fourth-order valence-corrected chi connectivity index (χ4v) is 1.86. The van der Waals surface area contributed by atoms with E-state index in [-0.39, 0.29) is 5.54 Å². The zero-order valence-corrected chi connectivity index (χ0v) is 9.64. The highest BCUT2D eigenvalue weighted by Gasteiger charge is 2.19. The molecule has 84 valence electrons. The Balaban J connectivity index is 2.07. The number of hydrogen-bond acceptors (Lipinski definition) is 3. The average Bonchev–Trinajstić information content (AvgIpc) is 2.56. The Kier molecular flexibility index (Phi) is 4.85. The Labute approximate surface area is 87.2 Å². The standard InChI is InChI=1S/C11H23NO2/c1-11(2,9-13-3)12-7-6-10-5-4-8-14-10/h10,12H,4-9H2,1-3H3. The summed E-state index contributed by atoms with van der Waals surface area (Å²) in [6, 6.07) is 0. The summed E-state index contributed by atoms with van der Waals surface area (Å²) < 4.78 is 10.7. The molecule has 1 heterocycles. The number of ether oxygens (including phenoxy) is 2. The van der Waals surface area contributed by atoms with Gasteiger partial charge in [0.2, 0.25) is 0 Å². The molecule has 0 saturated carbocycles. The van der Waals surface area contributed by atoms with Crippen LogP contribution in [0.3, 0.4) is 0 Å². The van der Waals surface area contributed by atoms with E-state index >= 15 is 0 Å². The molecule has 0 aromatic rings. The highest BCUT2D eigenvalue weighted by atomic mass is 16.5. The molecule has 0 aromatic carbocycles. The van der Waals surface area contributed by atoms with Crippen molar-refractivity contribution < 1.29 is 9.47 Å². The average molecular weight is 201 g/mol. The number of rotatable bonds is 6. The molecule has 1 fully saturated rings. The number of methoxy groups -OCH3 is 1. The van der Waals surface area contributed by atoms with Crippen molar-refractivity contribution in [3.63, 3.8) is 0 Å². The van der Waals surface area contributed by atoms with Crippen LogP contribution in [0.1, 0.15) is 33.1 Å². The minimum Gasteiger partial charge on any atom is -0.383 e. The van der Waals surface area contributed by atoms with Gasteiger partial charge in [-0.05, 0) is 39.7 Å². The lowest BCUT2D eigenvalue weighted by Crippen LogP contribution is -2.44. The van der Waals surface area contributed by atoms with Crippen molar-refractivity contribution >= 4 is 0 Å². The van der Waals surface area contributed by atoms with Gasteiger partial charge in [-0.1, -0.05) is 0 Å². The molecule has 1 aliphatic rings. The lowest BCUT2D eigenvalue weighted by molar-refractivity contribution is 0.0946. The molecule has 1 rings (SSSR count). The molecule has 0 aromatic heterocycles. The maximum Gasteiger partial charge on any atom is 0.0639 e. The van der Waals surface area contributed by atoms with Crippen LogP contribution in [0.15, 0.2) is 0 Å². The van der Waals surface area contributed by atoms with Crippen molar-refractivity contribution in [3.8, 4) is 0 Å². The molecule has 0 radical (unpaired) electrons. The minimum atomic E-state index is 0.0767. The van der Waals surface area contributed by atoms with Crippen LogP contribution in [-0.4, -0.2) is 38.5 Å². The van der Waals surface area contributed by atoms with E-state index in [9.17, 15) is 0 Å². The van der Waals surface area contributed by atoms with E-state index in [0.29, 0.717) is 6.10 Å². The summed E-state index contributed by atoms with van der Waals surface area (Å²) in [5, 5.41) is 3.48. The summed E-state index contributed by atoms with van der Waals surface area (Å²) in [4.78, 5) is 0. The third-order valence-electron chi connectivity index (χ3n) is 2.60. The molecule has 0 spiro atoms. The molecular formula is C11H23NO2. The zero-order chi connectivity index (χ0) is 10.4. The fourth-order valence-electron chi connectivity index (χ4n) is 1.86. The molecule has 14 heavy (non-hydrogen) atoms. The quantitative estimate of drug-likeness (QED) is 0.707. The summed E-state index contributed by atoms with van der Waals surface area (Å²) in [5.74, 6) is 0. The van der Waals surface area contributed by atoms with Gasteiger partial charge in [0.1, 0.15) is 0 Å². The van der Waals surface area contributed by atoms with Crippen molar-refractivity contribution in [2.45, 2.75) is 44.8 Å². The molecule has 0 amide bonds. The Morgan fingerprint density at radius 3 is 2.86 bits per heavy atom. The maximum absolute atomic E-state index is 5.56.